The summed E-state index contributed by atoms with van der Waals surface area (Å²) in [6.07, 6.45) is 4.24. The summed E-state index contributed by atoms with van der Waals surface area (Å²) in [5.74, 6) is -0.0311. The lowest BCUT2D eigenvalue weighted by atomic mass is 10.1. The quantitative estimate of drug-likeness (QED) is 0.678. The van der Waals surface area contributed by atoms with Gasteiger partial charge in [-0.05, 0) is 37.5 Å². The normalized spacial score (nSPS) is 12.0. The standard InChI is InChI=1S/C16H19N3OS/c1-4-13-8-5-7-11(2)14(13)19-15(20)12(3)21-16-17-9-6-10-18-16/h5-10,12H,4H2,1-3H3,(H,19,20). The Hall–Kier alpha value is -1.88. The molecule has 1 heterocycles. The fourth-order valence-corrected chi connectivity index (χ4v) is 2.71. The Morgan fingerprint density at radius 2 is 2.00 bits per heavy atom. The summed E-state index contributed by atoms with van der Waals surface area (Å²) >= 11 is 1.36. The van der Waals surface area contributed by atoms with E-state index >= 15 is 0 Å². The Kier molecular flexibility index (Phi) is 5.33. The number of rotatable bonds is 5. The smallest absolute Gasteiger partial charge is 0.237 e. The summed E-state index contributed by atoms with van der Waals surface area (Å²) in [5.41, 5.74) is 3.15. The molecule has 0 bridgehead atoms. The number of anilines is 1. The van der Waals surface area contributed by atoms with Crippen LogP contribution < -0.4 is 5.32 Å². The van der Waals surface area contributed by atoms with Crippen LogP contribution in [0.5, 0.6) is 0 Å². The van der Waals surface area contributed by atoms with Crippen molar-refractivity contribution in [2.75, 3.05) is 5.32 Å². The summed E-state index contributed by atoms with van der Waals surface area (Å²) in [7, 11) is 0. The first-order valence-corrected chi connectivity index (χ1v) is 7.82. The number of thioether (sulfide) groups is 1. The zero-order valence-electron chi connectivity index (χ0n) is 12.5. The molecule has 0 aliphatic rings. The second kappa shape index (κ2) is 7.22. The molecule has 4 nitrogen and oxygen atoms in total. The van der Waals surface area contributed by atoms with Crippen LogP contribution in [0.15, 0.2) is 41.8 Å². The molecule has 1 aromatic heterocycles. The van der Waals surface area contributed by atoms with Gasteiger partial charge in [0.2, 0.25) is 5.91 Å². The molecule has 1 N–H and O–H groups in total. The Bertz CT molecular complexity index is 616. The minimum Gasteiger partial charge on any atom is -0.325 e. The molecule has 0 radical (unpaired) electrons. The van der Waals surface area contributed by atoms with Crippen LogP contribution in [0.3, 0.4) is 0 Å². The second-order valence-corrected chi connectivity index (χ2v) is 6.05. The van der Waals surface area contributed by atoms with Crippen molar-refractivity contribution in [2.45, 2.75) is 37.6 Å². The van der Waals surface area contributed by atoms with Gasteiger partial charge in [-0.2, -0.15) is 0 Å². The van der Waals surface area contributed by atoms with Crippen molar-refractivity contribution >= 4 is 23.4 Å². The zero-order chi connectivity index (χ0) is 15.2. The number of amides is 1. The minimum atomic E-state index is -0.253. The highest BCUT2D eigenvalue weighted by Crippen LogP contribution is 2.24. The van der Waals surface area contributed by atoms with Gasteiger partial charge in [0.25, 0.3) is 0 Å². The first-order valence-electron chi connectivity index (χ1n) is 6.94. The number of carbonyl (C=O) groups excluding carboxylic acids is 1. The summed E-state index contributed by atoms with van der Waals surface area (Å²) in [6, 6.07) is 7.82. The zero-order valence-corrected chi connectivity index (χ0v) is 13.3. The molecule has 21 heavy (non-hydrogen) atoms. The molecule has 0 saturated heterocycles. The van der Waals surface area contributed by atoms with Gasteiger partial charge in [-0.1, -0.05) is 36.9 Å². The predicted octanol–water partition coefficient (Wildman–Crippen LogP) is 3.47. The van der Waals surface area contributed by atoms with Gasteiger partial charge in [0.15, 0.2) is 5.16 Å². The van der Waals surface area contributed by atoms with Gasteiger partial charge >= 0.3 is 0 Å². The van der Waals surface area contributed by atoms with Gasteiger partial charge in [-0.25, -0.2) is 9.97 Å². The Morgan fingerprint density at radius 1 is 1.29 bits per heavy atom. The molecule has 5 heteroatoms. The van der Waals surface area contributed by atoms with Crippen LogP contribution in [0.1, 0.15) is 25.0 Å². The van der Waals surface area contributed by atoms with E-state index in [4.69, 9.17) is 0 Å². The lowest BCUT2D eigenvalue weighted by Gasteiger charge is -2.15. The largest absolute Gasteiger partial charge is 0.325 e. The van der Waals surface area contributed by atoms with E-state index in [1.54, 1.807) is 18.5 Å². The Morgan fingerprint density at radius 3 is 2.67 bits per heavy atom. The van der Waals surface area contributed by atoms with Crippen LogP contribution >= 0.6 is 11.8 Å². The minimum absolute atomic E-state index is 0.0311. The predicted molar refractivity (Wildman–Crippen MR) is 86.5 cm³/mol. The number of aryl methyl sites for hydroxylation is 2. The number of benzene rings is 1. The van der Waals surface area contributed by atoms with E-state index in [-0.39, 0.29) is 11.2 Å². The number of hydrogen-bond acceptors (Lipinski definition) is 4. The lowest BCUT2D eigenvalue weighted by Crippen LogP contribution is -2.23. The summed E-state index contributed by atoms with van der Waals surface area (Å²) in [4.78, 5) is 20.6. The van der Waals surface area contributed by atoms with E-state index < -0.39 is 0 Å². The van der Waals surface area contributed by atoms with Crippen LogP contribution in [0, 0.1) is 6.92 Å². The van der Waals surface area contributed by atoms with Gasteiger partial charge in [0.1, 0.15) is 0 Å². The van der Waals surface area contributed by atoms with Crippen LogP contribution in [0.25, 0.3) is 0 Å². The van der Waals surface area contributed by atoms with E-state index in [0.29, 0.717) is 5.16 Å². The van der Waals surface area contributed by atoms with Crippen molar-refractivity contribution in [3.05, 3.63) is 47.8 Å². The lowest BCUT2D eigenvalue weighted by molar-refractivity contribution is -0.115. The number of hydrogen-bond donors (Lipinski definition) is 1. The Balaban J connectivity index is 2.08. The maximum Gasteiger partial charge on any atom is 0.237 e. The SMILES string of the molecule is CCc1cccc(C)c1NC(=O)C(C)Sc1ncccn1. The van der Waals surface area contributed by atoms with E-state index in [9.17, 15) is 4.79 Å². The molecule has 0 aliphatic heterocycles. The average Bonchev–Trinajstić information content (AvgIpc) is 2.50. The highest BCUT2D eigenvalue weighted by atomic mass is 32.2. The summed E-state index contributed by atoms with van der Waals surface area (Å²) < 4.78 is 0. The van der Waals surface area contributed by atoms with E-state index in [0.717, 1.165) is 23.2 Å². The van der Waals surface area contributed by atoms with Gasteiger partial charge in [0, 0.05) is 18.1 Å². The molecule has 2 aromatic rings. The number of nitrogens with one attached hydrogen (secondary N) is 1. The van der Waals surface area contributed by atoms with Gasteiger partial charge in [-0.3, -0.25) is 4.79 Å². The van der Waals surface area contributed by atoms with Crippen molar-refractivity contribution in [1.29, 1.82) is 0 Å². The van der Waals surface area contributed by atoms with Crippen LogP contribution in [-0.2, 0) is 11.2 Å². The van der Waals surface area contributed by atoms with E-state index in [1.165, 1.54) is 11.8 Å². The number of carbonyl (C=O) groups is 1. The third-order valence-electron chi connectivity index (χ3n) is 3.18. The maximum absolute atomic E-state index is 12.3. The van der Waals surface area contributed by atoms with Crippen LogP contribution in [0.4, 0.5) is 5.69 Å². The van der Waals surface area contributed by atoms with Crippen molar-refractivity contribution in [1.82, 2.24) is 9.97 Å². The number of nitrogens with zero attached hydrogens (tertiary/aromatic N) is 2. The molecule has 1 atom stereocenters. The third kappa shape index (κ3) is 4.04. The molecule has 0 aliphatic carbocycles. The first kappa shape index (κ1) is 15.5. The molecule has 0 fully saturated rings. The molecule has 110 valence electrons. The van der Waals surface area contributed by atoms with E-state index in [2.05, 4.69) is 22.2 Å². The van der Waals surface area contributed by atoms with Crippen molar-refractivity contribution in [3.63, 3.8) is 0 Å². The molecule has 1 aromatic carbocycles. The topological polar surface area (TPSA) is 54.9 Å². The fourth-order valence-electron chi connectivity index (χ4n) is 1.98. The average molecular weight is 301 g/mol. The highest BCUT2D eigenvalue weighted by molar-refractivity contribution is 8.00. The Labute approximate surface area is 129 Å². The van der Waals surface area contributed by atoms with Crippen LogP contribution in [0.2, 0.25) is 0 Å². The second-order valence-electron chi connectivity index (χ2n) is 4.74. The molecule has 1 amide bonds. The molecule has 0 saturated carbocycles. The number of para-hydroxylation sites is 1. The highest BCUT2D eigenvalue weighted by Gasteiger charge is 2.17. The molecular weight excluding hydrogens is 282 g/mol. The van der Waals surface area contributed by atoms with Gasteiger partial charge in [0.05, 0.1) is 5.25 Å². The monoisotopic (exact) mass is 301 g/mol. The first-order chi connectivity index (χ1) is 10.1. The molecular formula is C16H19N3OS. The maximum atomic E-state index is 12.3. The number of aromatic nitrogens is 2. The van der Waals surface area contributed by atoms with Crippen molar-refractivity contribution in [2.24, 2.45) is 0 Å². The van der Waals surface area contributed by atoms with E-state index in [1.807, 2.05) is 32.0 Å². The third-order valence-corrected chi connectivity index (χ3v) is 4.17. The summed E-state index contributed by atoms with van der Waals surface area (Å²) in [6.45, 7) is 5.95. The van der Waals surface area contributed by atoms with Gasteiger partial charge < -0.3 is 5.32 Å². The summed E-state index contributed by atoms with van der Waals surface area (Å²) in [5, 5.41) is 3.39. The van der Waals surface area contributed by atoms with Crippen LogP contribution in [-0.4, -0.2) is 21.1 Å². The van der Waals surface area contributed by atoms with Gasteiger partial charge in [-0.15, -0.1) is 0 Å². The molecule has 0 spiro atoms. The van der Waals surface area contributed by atoms with Crippen molar-refractivity contribution < 1.29 is 4.79 Å². The molecule has 2 rings (SSSR count). The van der Waals surface area contributed by atoms with Crippen molar-refractivity contribution in [3.8, 4) is 0 Å². The fraction of sp³-hybridized carbons (Fsp3) is 0.312. The molecule has 1 unspecified atom stereocenters.